The zero-order chi connectivity index (χ0) is 20.2. The number of nitrogens with zero attached hydrogens (tertiary/aromatic N) is 3. The van der Waals surface area contributed by atoms with Crippen molar-refractivity contribution in [3.8, 4) is 11.4 Å². The number of hydrogen-bond donors (Lipinski definition) is 1. The van der Waals surface area contributed by atoms with Crippen molar-refractivity contribution in [2.75, 3.05) is 11.1 Å². The molecule has 0 fully saturated rings. The summed E-state index contributed by atoms with van der Waals surface area (Å²) >= 11 is 2.89. The van der Waals surface area contributed by atoms with Crippen LogP contribution in [-0.4, -0.2) is 26.6 Å². The van der Waals surface area contributed by atoms with Gasteiger partial charge in [0, 0.05) is 22.0 Å². The highest BCUT2D eigenvalue weighted by molar-refractivity contribution is 8.00. The van der Waals surface area contributed by atoms with Gasteiger partial charge >= 0.3 is 0 Å². The van der Waals surface area contributed by atoms with Crippen LogP contribution < -0.4 is 5.32 Å². The Morgan fingerprint density at radius 1 is 1.10 bits per heavy atom. The van der Waals surface area contributed by atoms with Crippen molar-refractivity contribution in [3.63, 3.8) is 0 Å². The number of carbonyl (C=O) groups is 1. The molecular formula is C22H20N4OS2. The van der Waals surface area contributed by atoms with E-state index < -0.39 is 0 Å². The summed E-state index contributed by atoms with van der Waals surface area (Å²) in [7, 11) is 0. The van der Waals surface area contributed by atoms with Gasteiger partial charge in [0.25, 0.3) is 0 Å². The lowest BCUT2D eigenvalue weighted by Crippen LogP contribution is -2.14. The molecule has 5 nitrogen and oxygen atoms in total. The van der Waals surface area contributed by atoms with Gasteiger partial charge in [0.2, 0.25) is 5.91 Å². The molecule has 4 aromatic rings. The lowest BCUT2D eigenvalue weighted by Gasteiger charge is -2.11. The summed E-state index contributed by atoms with van der Waals surface area (Å²) in [6.07, 6.45) is 2.64. The zero-order valence-electron chi connectivity index (χ0n) is 16.2. The number of rotatable bonds is 6. The summed E-state index contributed by atoms with van der Waals surface area (Å²) in [5.74, 6) is 0.844. The number of thioether (sulfide) groups is 1. The maximum Gasteiger partial charge on any atom is 0.236 e. The van der Waals surface area contributed by atoms with Crippen LogP contribution in [0.3, 0.4) is 0 Å². The Labute approximate surface area is 177 Å². The average Bonchev–Trinajstić information content (AvgIpc) is 3.16. The standard InChI is InChI=1S/C22H20N4OS2/c1-3-15-10-7-11-17-19(15)25-20(16-8-5-4-6-9-16)26-21(17)28-13-18(27)24-22-23-12-14(2)29-22/h4-12H,3,13H2,1-2H3,(H,23,24,27). The van der Waals surface area contributed by atoms with E-state index in [1.165, 1.54) is 28.7 Å². The number of para-hydroxylation sites is 1. The smallest absolute Gasteiger partial charge is 0.236 e. The Morgan fingerprint density at radius 2 is 1.93 bits per heavy atom. The quantitative estimate of drug-likeness (QED) is 0.336. The third kappa shape index (κ3) is 4.46. The first-order valence-corrected chi connectivity index (χ1v) is 11.1. The predicted molar refractivity (Wildman–Crippen MR) is 121 cm³/mol. The average molecular weight is 421 g/mol. The molecule has 0 aliphatic rings. The number of amides is 1. The minimum atomic E-state index is -0.0935. The van der Waals surface area contributed by atoms with Crippen molar-refractivity contribution in [1.82, 2.24) is 15.0 Å². The van der Waals surface area contributed by atoms with Crippen molar-refractivity contribution in [2.45, 2.75) is 25.3 Å². The Kier molecular flexibility index (Phi) is 5.87. The molecule has 0 atom stereocenters. The number of nitrogens with one attached hydrogen (secondary N) is 1. The van der Waals surface area contributed by atoms with Gasteiger partial charge in [-0.25, -0.2) is 15.0 Å². The van der Waals surface area contributed by atoms with E-state index in [4.69, 9.17) is 9.97 Å². The van der Waals surface area contributed by atoms with Crippen molar-refractivity contribution in [2.24, 2.45) is 0 Å². The van der Waals surface area contributed by atoms with Gasteiger partial charge in [-0.2, -0.15) is 0 Å². The SMILES string of the molecule is CCc1cccc2c(SCC(=O)Nc3ncc(C)s3)nc(-c3ccccc3)nc12. The first kappa shape index (κ1) is 19.5. The van der Waals surface area contributed by atoms with Gasteiger partial charge in [-0.15, -0.1) is 11.3 Å². The molecule has 7 heteroatoms. The molecule has 2 aromatic carbocycles. The normalized spacial score (nSPS) is 11.0. The van der Waals surface area contributed by atoms with Gasteiger partial charge in [0.05, 0.1) is 11.3 Å². The van der Waals surface area contributed by atoms with E-state index in [2.05, 4.69) is 23.3 Å². The summed E-state index contributed by atoms with van der Waals surface area (Å²) in [5, 5.41) is 5.27. The molecule has 2 heterocycles. The van der Waals surface area contributed by atoms with Crippen LogP contribution in [0.4, 0.5) is 5.13 Å². The molecule has 0 saturated carbocycles. The highest BCUT2D eigenvalue weighted by Gasteiger charge is 2.14. The fourth-order valence-electron chi connectivity index (χ4n) is 3.00. The first-order valence-electron chi connectivity index (χ1n) is 9.34. The largest absolute Gasteiger partial charge is 0.301 e. The fourth-order valence-corrected chi connectivity index (χ4v) is 4.49. The van der Waals surface area contributed by atoms with Gasteiger partial charge in [-0.3, -0.25) is 4.79 Å². The number of fused-ring (bicyclic) bond motifs is 1. The number of benzene rings is 2. The van der Waals surface area contributed by atoms with Crippen LogP contribution in [0.25, 0.3) is 22.3 Å². The molecule has 0 saturated heterocycles. The molecule has 0 aliphatic carbocycles. The minimum Gasteiger partial charge on any atom is -0.301 e. The van der Waals surface area contributed by atoms with Crippen LogP contribution >= 0.6 is 23.1 Å². The van der Waals surface area contributed by atoms with Crippen LogP contribution in [0, 0.1) is 6.92 Å². The van der Waals surface area contributed by atoms with E-state index in [0.29, 0.717) is 11.0 Å². The zero-order valence-corrected chi connectivity index (χ0v) is 17.8. The van der Waals surface area contributed by atoms with Crippen LogP contribution in [0.2, 0.25) is 0 Å². The van der Waals surface area contributed by atoms with Gasteiger partial charge in [-0.05, 0) is 18.9 Å². The topological polar surface area (TPSA) is 67.8 Å². The van der Waals surface area contributed by atoms with Gasteiger partial charge in [-0.1, -0.05) is 67.2 Å². The third-order valence-corrected chi connectivity index (χ3v) is 6.22. The second-order valence-corrected chi connectivity index (χ2v) is 8.70. The van der Waals surface area contributed by atoms with E-state index in [0.717, 1.165) is 32.8 Å². The van der Waals surface area contributed by atoms with Crippen molar-refractivity contribution >= 4 is 45.0 Å². The van der Waals surface area contributed by atoms with E-state index in [1.807, 2.05) is 49.4 Å². The van der Waals surface area contributed by atoms with Crippen LogP contribution in [0.1, 0.15) is 17.4 Å². The number of carbonyl (C=O) groups excluding carboxylic acids is 1. The molecule has 0 aliphatic heterocycles. The maximum absolute atomic E-state index is 12.4. The number of thiazole rings is 1. The molecule has 146 valence electrons. The minimum absolute atomic E-state index is 0.0935. The third-order valence-electron chi connectivity index (χ3n) is 4.40. The molecule has 2 aromatic heterocycles. The van der Waals surface area contributed by atoms with E-state index in [9.17, 15) is 4.79 Å². The summed E-state index contributed by atoms with van der Waals surface area (Å²) < 4.78 is 0. The van der Waals surface area contributed by atoms with Crippen LogP contribution in [0.5, 0.6) is 0 Å². The van der Waals surface area contributed by atoms with Crippen LogP contribution in [-0.2, 0) is 11.2 Å². The summed E-state index contributed by atoms with van der Waals surface area (Å²) in [6, 6.07) is 16.1. The first-order chi connectivity index (χ1) is 14.1. The Morgan fingerprint density at radius 3 is 2.66 bits per heavy atom. The number of anilines is 1. The molecule has 4 rings (SSSR count). The highest BCUT2D eigenvalue weighted by atomic mass is 32.2. The second kappa shape index (κ2) is 8.71. The molecule has 0 radical (unpaired) electrons. The molecule has 0 unspecified atom stereocenters. The van der Waals surface area contributed by atoms with Crippen molar-refractivity contribution < 1.29 is 4.79 Å². The summed E-state index contributed by atoms with van der Waals surface area (Å²) in [4.78, 5) is 27.3. The lowest BCUT2D eigenvalue weighted by molar-refractivity contribution is -0.113. The second-order valence-electron chi connectivity index (χ2n) is 6.50. The van der Waals surface area contributed by atoms with Gasteiger partial charge < -0.3 is 5.32 Å². The lowest BCUT2D eigenvalue weighted by atomic mass is 10.1. The summed E-state index contributed by atoms with van der Waals surface area (Å²) in [5.41, 5.74) is 3.08. The van der Waals surface area contributed by atoms with E-state index in [1.54, 1.807) is 6.20 Å². The Hall–Kier alpha value is -2.77. The molecule has 0 spiro atoms. The van der Waals surface area contributed by atoms with Crippen molar-refractivity contribution in [1.29, 1.82) is 0 Å². The van der Waals surface area contributed by atoms with Crippen LogP contribution in [0.15, 0.2) is 59.8 Å². The number of hydrogen-bond acceptors (Lipinski definition) is 6. The molecule has 1 N–H and O–H groups in total. The predicted octanol–water partition coefficient (Wildman–Crippen LogP) is 5.35. The maximum atomic E-state index is 12.4. The Balaban J connectivity index is 1.66. The molecule has 29 heavy (non-hydrogen) atoms. The van der Waals surface area contributed by atoms with Gasteiger partial charge in [0.1, 0.15) is 5.03 Å². The van der Waals surface area contributed by atoms with E-state index >= 15 is 0 Å². The van der Waals surface area contributed by atoms with Crippen molar-refractivity contribution in [3.05, 3.63) is 65.2 Å². The van der Waals surface area contributed by atoms with Gasteiger partial charge in [0.15, 0.2) is 11.0 Å². The van der Waals surface area contributed by atoms with E-state index in [-0.39, 0.29) is 11.7 Å². The highest BCUT2D eigenvalue weighted by Crippen LogP contribution is 2.30. The molecular weight excluding hydrogens is 400 g/mol. The number of aromatic nitrogens is 3. The number of aryl methyl sites for hydroxylation is 2. The monoisotopic (exact) mass is 420 g/mol. The molecule has 1 amide bonds. The molecule has 0 bridgehead atoms. The summed E-state index contributed by atoms with van der Waals surface area (Å²) in [6.45, 7) is 4.08. The fraction of sp³-hybridized carbons (Fsp3) is 0.182. The Bertz CT molecular complexity index is 1160.